The lowest BCUT2D eigenvalue weighted by atomic mass is 9.65. The molecule has 1 aliphatic heterocycles. The van der Waals surface area contributed by atoms with Crippen LogP contribution in [0.1, 0.15) is 40.5 Å². The van der Waals surface area contributed by atoms with Crippen molar-refractivity contribution >= 4 is 0 Å². The molecule has 1 nitrogen and oxygen atoms in total. The number of hydrogen-bond acceptors (Lipinski definition) is 1. The molecule has 2 rings (SSSR count). The minimum absolute atomic E-state index is 0.453. The van der Waals surface area contributed by atoms with E-state index in [1.165, 1.54) is 19.4 Å². The summed E-state index contributed by atoms with van der Waals surface area (Å²) >= 11 is 0. The summed E-state index contributed by atoms with van der Waals surface area (Å²) in [6, 6.07) is 0.943. The maximum Gasteiger partial charge on any atom is 0.0219 e. The zero-order valence-electron chi connectivity index (χ0n) is 8.15. The highest BCUT2D eigenvalue weighted by Crippen LogP contribution is 2.51. The molecule has 1 heteroatoms. The second-order valence-corrected chi connectivity index (χ2v) is 5.30. The molecule has 1 aliphatic carbocycles. The molecule has 0 aromatic rings. The van der Waals surface area contributed by atoms with Crippen molar-refractivity contribution in [2.45, 2.75) is 52.1 Å². The SMILES string of the molecule is CC1(C)CN(C2CC2)C1(C)C. The number of nitrogens with zero attached hydrogens (tertiary/aromatic N) is 1. The van der Waals surface area contributed by atoms with E-state index in [0.29, 0.717) is 11.0 Å². The average Bonchev–Trinajstić information content (AvgIpc) is 2.64. The molecule has 0 bridgehead atoms. The van der Waals surface area contributed by atoms with Crippen molar-refractivity contribution in [3.05, 3.63) is 0 Å². The zero-order chi connectivity index (χ0) is 8.28. The van der Waals surface area contributed by atoms with Crippen molar-refractivity contribution in [2.75, 3.05) is 6.54 Å². The summed E-state index contributed by atoms with van der Waals surface area (Å²) in [4.78, 5) is 2.67. The maximum atomic E-state index is 2.67. The first-order valence-electron chi connectivity index (χ1n) is 4.72. The van der Waals surface area contributed by atoms with E-state index in [2.05, 4.69) is 32.6 Å². The Morgan fingerprint density at radius 3 is 1.91 bits per heavy atom. The molecule has 0 atom stereocenters. The molecule has 1 saturated carbocycles. The van der Waals surface area contributed by atoms with Crippen LogP contribution >= 0.6 is 0 Å². The Kier molecular flexibility index (Phi) is 1.26. The smallest absolute Gasteiger partial charge is 0.0219 e. The Morgan fingerprint density at radius 2 is 1.64 bits per heavy atom. The highest BCUT2D eigenvalue weighted by atomic mass is 15.3. The van der Waals surface area contributed by atoms with Gasteiger partial charge in [-0.05, 0) is 32.1 Å². The molecule has 11 heavy (non-hydrogen) atoms. The summed E-state index contributed by atoms with van der Waals surface area (Å²) in [6.07, 6.45) is 2.89. The van der Waals surface area contributed by atoms with Gasteiger partial charge in [-0.15, -0.1) is 0 Å². The lowest BCUT2D eigenvalue weighted by molar-refractivity contribution is -0.122. The second kappa shape index (κ2) is 1.82. The first kappa shape index (κ1) is 7.60. The summed E-state index contributed by atoms with van der Waals surface area (Å²) in [7, 11) is 0. The fourth-order valence-corrected chi connectivity index (χ4v) is 2.09. The Morgan fingerprint density at radius 1 is 1.09 bits per heavy atom. The van der Waals surface area contributed by atoms with Crippen LogP contribution in [0.2, 0.25) is 0 Å². The van der Waals surface area contributed by atoms with Crippen LogP contribution < -0.4 is 0 Å². The van der Waals surface area contributed by atoms with Crippen LogP contribution in [0.4, 0.5) is 0 Å². The second-order valence-electron chi connectivity index (χ2n) is 5.30. The van der Waals surface area contributed by atoms with Crippen LogP contribution in [0.5, 0.6) is 0 Å². The van der Waals surface area contributed by atoms with Crippen molar-refractivity contribution in [1.29, 1.82) is 0 Å². The monoisotopic (exact) mass is 153 g/mol. The van der Waals surface area contributed by atoms with Crippen molar-refractivity contribution in [1.82, 2.24) is 4.90 Å². The highest BCUT2D eigenvalue weighted by Gasteiger charge is 2.56. The van der Waals surface area contributed by atoms with Gasteiger partial charge in [0.05, 0.1) is 0 Å². The van der Waals surface area contributed by atoms with Gasteiger partial charge in [-0.2, -0.15) is 0 Å². The minimum atomic E-state index is 0.453. The molecule has 0 amide bonds. The maximum absolute atomic E-state index is 2.67. The lowest BCUT2D eigenvalue weighted by Gasteiger charge is -2.62. The first-order valence-corrected chi connectivity index (χ1v) is 4.72. The van der Waals surface area contributed by atoms with Crippen LogP contribution in [0.3, 0.4) is 0 Å². The van der Waals surface area contributed by atoms with Crippen LogP contribution in [0.25, 0.3) is 0 Å². The molecular formula is C10H19N. The fourth-order valence-electron chi connectivity index (χ4n) is 2.09. The van der Waals surface area contributed by atoms with E-state index in [-0.39, 0.29) is 0 Å². The van der Waals surface area contributed by atoms with Crippen molar-refractivity contribution < 1.29 is 0 Å². The Bertz CT molecular complexity index is 177. The van der Waals surface area contributed by atoms with E-state index < -0.39 is 0 Å². The van der Waals surface area contributed by atoms with Crippen molar-refractivity contribution in [2.24, 2.45) is 5.41 Å². The molecule has 1 heterocycles. The molecule has 0 aromatic carbocycles. The number of hydrogen-bond donors (Lipinski definition) is 0. The molecule has 64 valence electrons. The van der Waals surface area contributed by atoms with Crippen LogP contribution in [-0.2, 0) is 0 Å². The fraction of sp³-hybridized carbons (Fsp3) is 1.00. The molecule has 0 N–H and O–H groups in total. The van der Waals surface area contributed by atoms with Gasteiger partial charge in [-0.1, -0.05) is 13.8 Å². The normalized spacial score (nSPS) is 34.9. The van der Waals surface area contributed by atoms with Gasteiger partial charge in [0, 0.05) is 18.1 Å². The van der Waals surface area contributed by atoms with E-state index >= 15 is 0 Å². The highest BCUT2D eigenvalue weighted by molar-refractivity contribution is 5.11. The predicted octanol–water partition coefficient (Wildman–Crippen LogP) is 2.27. The third-order valence-electron chi connectivity index (χ3n) is 3.93. The standard InChI is InChI=1S/C10H19N/c1-9(2)7-11(8-5-6-8)10(9,3)4/h8H,5-7H2,1-4H3. The quantitative estimate of drug-likeness (QED) is 0.558. The largest absolute Gasteiger partial charge is 0.294 e. The Balaban J connectivity index is 2.09. The molecule has 0 unspecified atom stereocenters. The van der Waals surface area contributed by atoms with Gasteiger partial charge in [-0.3, -0.25) is 4.90 Å². The minimum Gasteiger partial charge on any atom is -0.294 e. The lowest BCUT2D eigenvalue weighted by Crippen LogP contribution is -2.69. The molecule has 1 saturated heterocycles. The van der Waals surface area contributed by atoms with E-state index in [4.69, 9.17) is 0 Å². The molecule has 2 fully saturated rings. The van der Waals surface area contributed by atoms with E-state index in [1.807, 2.05) is 0 Å². The van der Waals surface area contributed by atoms with E-state index in [9.17, 15) is 0 Å². The van der Waals surface area contributed by atoms with E-state index in [0.717, 1.165) is 6.04 Å². The summed E-state index contributed by atoms with van der Waals surface area (Å²) in [5, 5.41) is 0. The van der Waals surface area contributed by atoms with Gasteiger partial charge in [0.15, 0.2) is 0 Å². The van der Waals surface area contributed by atoms with Crippen molar-refractivity contribution in [3.8, 4) is 0 Å². The predicted molar refractivity (Wildman–Crippen MR) is 47.6 cm³/mol. The van der Waals surface area contributed by atoms with Gasteiger partial charge in [-0.25, -0.2) is 0 Å². The van der Waals surface area contributed by atoms with Crippen LogP contribution in [0.15, 0.2) is 0 Å². The number of rotatable bonds is 1. The van der Waals surface area contributed by atoms with Gasteiger partial charge in [0.25, 0.3) is 0 Å². The van der Waals surface area contributed by atoms with Gasteiger partial charge in [0.2, 0.25) is 0 Å². The molecule has 0 aromatic heterocycles. The summed E-state index contributed by atoms with van der Waals surface area (Å²) in [5.74, 6) is 0. The number of likely N-dealkylation sites (tertiary alicyclic amines) is 1. The molecule has 0 spiro atoms. The van der Waals surface area contributed by atoms with Gasteiger partial charge >= 0.3 is 0 Å². The Labute approximate surface area is 69.8 Å². The van der Waals surface area contributed by atoms with Gasteiger partial charge in [0.1, 0.15) is 0 Å². The summed E-state index contributed by atoms with van der Waals surface area (Å²) in [5.41, 5.74) is 0.990. The Hall–Kier alpha value is -0.0400. The average molecular weight is 153 g/mol. The van der Waals surface area contributed by atoms with E-state index in [1.54, 1.807) is 0 Å². The third-order valence-corrected chi connectivity index (χ3v) is 3.93. The topological polar surface area (TPSA) is 3.24 Å². The van der Waals surface area contributed by atoms with Crippen molar-refractivity contribution in [3.63, 3.8) is 0 Å². The first-order chi connectivity index (χ1) is 4.95. The summed E-state index contributed by atoms with van der Waals surface area (Å²) in [6.45, 7) is 10.8. The molecule has 2 aliphatic rings. The van der Waals surface area contributed by atoms with Gasteiger partial charge < -0.3 is 0 Å². The third kappa shape index (κ3) is 0.868. The van der Waals surface area contributed by atoms with Crippen LogP contribution in [0, 0.1) is 5.41 Å². The zero-order valence-corrected chi connectivity index (χ0v) is 8.15. The van der Waals surface area contributed by atoms with Crippen LogP contribution in [-0.4, -0.2) is 23.0 Å². The summed E-state index contributed by atoms with van der Waals surface area (Å²) < 4.78 is 0. The molecule has 0 radical (unpaired) electrons. The molecular weight excluding hydrogens is 134 g/mol.